The summed E-state index contributed by atoms with van der Waals surface area (Å²) in [5.41, 5.74) is 0. The van der Waals surface area contributed by atoms with Crippen LogP contribution in [0.1, 0.15) is 19.8 Å². The SMILES string of the molecule is CSNc1ccn(C(=O)N2CCC(C)CC2)n1. The van der Waals surface area contributed by atoms with Crippen molar-refractivity contribution in [3.05, 3.63) is 12.3 Å². The highest BCUT2D eigenvalue weighted by atomic mass is 32.2. The second kappa shape index (κ2) is 5.44. The number of hydrogen-bond donors (Lipinski definition) is 1. The van der Waals surface area contributed by atoms with Crippen LogP contribution in [-0.4, -0.2) is 40.1 Å². The lowest BCUT2D eigenvalue weighted by atomic mass is 10.00. The van der Waals surface area contributed by atoms with Crippen LogP contribution >= 0.6 is 11.9 Å². The average molecular weight is 254 g/mol. The molecule has 1 aliphatic heterocycles. The molecule has 0 saturated carbocycles. The Bertz CT molecular complexity index is 385. The van der Waals surface area contributed by atoms with Gasteiger partial charge in [-0.15, -0.1) is 5.10 Å². The van der Waals surface area contributed by atoms with Crippen LogP contribution in [0.4, 0.5) is 10.6 Å². The van der Waals surface area contributed by atoms with Crippen molar-refractivity contribution in [3.8, 4) is 0 Å². The van der Waals surface area contributed by atoms with Crippen molar-refractivity contribution in [2.75, 3.05) is 24.1 Å². The van der Waals surface area contributed by atoms with E-state index in [4.69, 9.17) is 0 Å². The van der Waals surface area contributed by atoms with Crippen LogP contribution in [0, 0.1) is 5.92 Å². The van der Waals surface area contributed by atoms with Gasteiger partial charge >= 0.3 is 6.03 Å². The third-order valence-corrected chi connectivity index (χ3v) is 3.46. The van der Waals surface area contributed by atoms with Crippen LogP contribution in [0.15, 0.2) is 12.3 Å². The number of hydrogen-bond acceptors (Lipinski definition) is 4. The highest BCUT2D eigenvalue weighted by Gasteiger charge is 2.21. The Labute approximate surface area is 106 Å². The predicted octanol–water partition coefficient (Wildman–Crippen LogP) is 2.27. The van der Waals surface area contributed by atoms with Gasteiger partial charge in [-0.2, -0.15) is 4.68 Å². The number of piperidine rings is 1. The van der Waals surface area contributed by atoms with E-state index >= 15 is 0 Å². The van der Waals surface area contributed by atoms with E-state index in [1.54, 1.807) is 12.3 Å². The fourth-order valence-electron chi connectivity index (χ4n) is 1.93. The zero-order chi connectivity index (χ0) is 12.3. The molecule has 1 saturated heterocycles. The standard InChI is InChI=1S/C11H18N4OS/c1-9-3-6-14(7-4-9)11(16)15-8-5-10(12-15)13-17-2/h5,8-9H,3-4,6-7H2,1-2H3,(H,12,13). The van der Waals surface area contributed by atoms with E-state index in [9.17, 15) is 4.79 Å². The minimum atomic E-state index is -0.0222. The van der Waals surface area contributed by atoms with Crippen LogP contribution in [0.5, 0.6) is 0 Å². The molecule has 0 radical (unpaired) electrons. The summed E-state index contributed by atoms with van der Waals surface area (Å²) in [6, 6.07) is 1.78. The summed E-state index contributed by atoms with van der Waals surface area (Å²) in [7, 11) is 0. The molecular weight excluding hydrogens is 236 g/mol. The van der Waals surface area contributed by atoms with Crippen molar-refractivity contribution >= 4 is 23.8 Å². The number of rotatable bonds is 2. The molecular formula is C11H18N4OS. The Morgan fingerprint density at radius 2 is 2.24 bits per heavy atom. The topological polar surface area (TPSA) is 50.2 Å². The molecule has 94 valence electrons. The quantitative estimate of drug-likeness (QED) is 0.823. The van der Waals surface area contributed by atoms with Gasteiger partial charge < -0.3 is 9.62 Å². The van der Waals surface area contributed by atoms with Gasteiger partial charge in [-0.1, -0.05) is 18.9 Å². The molecule has 0 aromatic carbocycles. The minimum Gasteiger partial charge on any atom is -0.323 e. The first kappa shape index (κ1) is 12.3. The molecule has 0 spiro atoms. The molecule has 2 heterocycles. The lowest BCUT2D eigenvalue weighted by Crippen LogP contribution is -2.40. The summed E-state index contributed by atoms with van der Waals surface area (Å²) in [4.78, 5) is 14.0. The summed E-state index contributed by atoms with van der Waals surface area (Å²) in [6.07, 6.45) is 5.80. The Morgan fingerprint density at radius 3 is 2.88 bits per heavy atom. The lowest BCUT2D eigenvalue weighted by molar-refractivity contribution is 0.172. The lowest BCUT2D eigenvalue weighted by Gasteiger charge is -2.29. The molecule has 1 aliphatic rings. The molecule has 1 N–H and O–H groups in total. The summed E-state index contributed by atoms with van der Waals surface area (Å²) < 4.78 is 4.42. The summed E-state index contributed by atoms with van der Waals surface area (Å²) in [5, 5.41) is 4.19. The normalized spacial score (nSPS) is 17.2. The average Bonchev–Trinajstić information content (AvgIpc) is 2.78. The van der Waals surface area contributed by atoms with Gasteiger partial charge in [0.2, 0.25) is 0 Å². The van der Waals surface area contributed by atoms with Crippen molar-refractivity contribution in [3.63, 3.8) is 0 Å². The van der Waals surface area contributed by atoms with Crippen molar-refractivity contribution in [2.45, 2.75) is 19.8 Å². The van der Waals surface area contributed by atoms with Crippen LogP contribution in [0.2, 0.25) is 0 Å². The van der Waals surface area contributed by atoms with Crippen LogP contribution in [0.25, 0.3) is 0 Å². The van der Waals surface area contributed by atoms with Gasteiger partial charge in [0.15, 0.2) is 5.82 Å². The third kappa shape index (κ3) is 2.94. The van der Waals surface area contributed by atoms with Gasteiger partial charge in [0, 0.05) is 31.6 Å². The van der Waals surface area contributed by atoms with Gasteiger partial charge in [-0.05, 0) is 18.8 Å². The summed E-state index contributed by atoms with van der Waals surface area (Å²) >= 11 is 1.46. The third-order valence-electron chi connectivity index (χ3n) is 3.05. The Balaban J connectivity index is 1.98. The van der Waals surface area contributed by atoms with Crippen LogP contribution in [-0.2, 0) is 0 Å². The molecule has 17 heavy (non-hydrogen) atoms. The van der Waals surface area contributed by atoms with E-state index < -0.39 is 0 Å². The fraction of sp³-hybridized carbons (Fsp3) is 0.636. The minimum absolute atomic E-state index is 0.0222. The van der Waals surface area contributed by atoms with Crippen molar-refractivity contribution in [1.29, 1.82) is 0 Å². The van der Waals surface area contributed by atoms with E-state index in [1.165, 1.54) is 16.6 Å². The maximum Gasteiger partial charge on any atom is 0.344 e. The largest absolute Gasteiger partial charge is 0.344 e. The highest BCUT2D eigenvalue weighted by Crippen LogP contribution is 2.17. The molecule has 5 nitrogen and oxygen atoms in total. The molecule has 6 heteroatoms. The smallest absolute Gasteiger partial charge is 0.323 e. The number of carbonyl (C=O) groups excluding carboxylic acids is 1. The maximum atomic E-state index is 12.1. The van der Waals surface area contributed by atoms with E-state index in [-0.39, 0.29) is 6.03 Å². The molecule has 1 aromatic heterocycles. The first-order chi connectivity index (χ1) is 8.20. The maximum absolute atomic E-state index is 12.1. The van der Waals surface area contributed by atoms with Crippen LogP contribution in [0.3, 0.4) is 0 Å². The molecule has 1 aromatic rings. The van der Waals surface area contributed by atoms with Gasteiger partial charge in [0.1, 0.15) is 0 Å². The molecule has 0 atom stereocenters. The van der Waals surface area contributed by atoms with E-state index in [1.807, 2.05) is 11.2 Å². The van der Waals surface area contributed by atoms with Gasteiger partial charge in [-0.25, -0.2) is 4.79 Å². The van der Waals surface area contributed by atoms with Crippen molar-refractivity contribution in [1.82, 2.24) is 14.7 Å². The van der Waals surface area contributed by atoms with Gasteiger partial charge in [0.25, 0.3) is 0 Å². The second-order valence-electron chi connectivity index (χ2n) is 4.40. The van der Waals surface area contributed by atoms with Crippen LogP contribution < -0.4 is 4.72 Å². The Hall–Kier alpha value is -1.17. The van der Waals surface area contributed by atoms with E-state index in [2.05, 4.69) is 16.7 Å². The number of nitrogens with one attached hydrogen (secondary N) is 1. The zero-order valence-corrected chi connectivity index (χ0v) is 11.0. The number of amides is 1. The number of carbonyl (C=O) groups is 1. The zero-order valence-electron chi connectivity index (χ0n) is 10.2. The number of likely N-dealkylation sites (tertiary alicyclic amines) is 1. The second-order valence-corrected chi connectivity index (χ2v) is 5.02. The Kier molecular flexibility index (Phi) is 3.93. The predicted molar refractivity (Wildman–Crippen MR) is 70.1 cm³/mol. The molecule has 1 amide bonds. The highest BCUT2D eigenvalue weighted by molar-refractivity contribution is 7.99. The summed E-state index contributed by atoms with van der Waals surface area (Å²) in [5.74, 6) is 1.45. The fourth-order valence-corrected chi connectivity index (χ4v) is 2.25. The number of nitrogens with zero attached hydrogens (tertiary/aromatic N) is 3. The number of aromatic nitrogens is 2. The van der Waals surface area contributed by atoms with E-state index in [0.29, 0.717) is 0 Å². The molecule has 0 aliphatic carbocycles. The van der Waals surface area contributed by atoms with Crippen molar-refractivity contribution < 1.29 is 4.79 Å². The summed E-state index contributed by atoms with van der Waals surface area (Å²) in [6.45, 7) is 3.91. The molecule has 2 rings (SSSR count). The van der Waals surface area contributed by atoms with Gasteiger partial charge in [0.05, 0.1) is 0 Å². The van der Waals surface area contributed by atoms with Gasteiger partial charge in [-0.3, -0.25) is 0 Å². The first-order valence-corrected chi connectivity index (χ1v) is 7.07. The molecule has 0 unspecified atom stereocenters. The first-order valence-electron chi connectivity index (χ1n) is 5.84. The number of anilines is 1. The monoisotopic (exact) mass is 254 g/mol. The molecule has 0 bridgehead atoms. The van der Waals surface area contributed by atoms with Crippen molar-refractivity contribution in [2.24, 2.45) is 5.92 Å². The van der Waals surface area contributed by atoms with E-state index in [0.717, 1.165) is 37.7 Å². The Morgan fingerprint density at radius 1 is 1.53 bits per heavy atom. The molecule has 1 fully saturated rings.